The molecule has 0 saturated carbocycles. The molecule has 44 heavy (non-hydrogen) atoms. The third-order valence-corrected chi connectivity index (χ3v) is 9.44. The highest BCUT2D eigenvalue weighted by Crippen LogP contribution is 2.42. The van der Waals surface area contributed by atoms with Crippen LogP contribution >= 0.6 is 0 Å². The molecule has 7 nitrogen and oxygen atoms in total. The second-order valence-corrected chi connectivity index (χ2v) is 13.1. The van der Waals surface area contributed by atoms with Gasteiger partial charge in [0, 0.05) is 31.1 Å². The molecule has 1 saturated heterocycles. The van der Waals surface area contributed by atoms with Crippen molar-refractivity contribution in [3.8, 4) is 11.1 Å². The molecule has 1 aliphatic rings. The van der Waals surface area contributed by atoms with Crippen molar-refractivity contribution in [1.29, 1.82) is 0 Å². The highest BCUT2D eigenvalue weighted by molar-refractivity contribution is 7.89. The number of sulfonamides is 1. The number of ether oxygens (including phenoxy) is 2. The second-order valence-electron chi connectivity index (χ2n) is 11.3. The van der Waals surface area contributed by atoms with Crippen LogP contribution in [0, 0.1) is 5.92 Å². The molecule has 0 unspecified atom stereocenters. The van der Waals surface area contributed by atoms with E-state index in [0.29, 0.717) is 0 Å². The standard InChI is InChI=1S/C36H40N2O5S/c1-4-21-38(3)24-34-26(2)35(30-15-13-27(25-39)14-16-30)43-36(42-34)31-19-17-29(18-20-31)32-10-8-9-28(22-32)23-37-44(40,41)33-11-6-5-7-12-33/h4-20,22,26,34-37,39H,1,21,23-25H2,2-3H3/t26-,34+,35+,36+/m1/s1. The van der Waals surface area contributed by atoms with E-state index in [9.17, 15) is 13.5 Å². The summed E-state index contributed by atoms with van der Waals surface area (Å²) in [6.07, 6.45) is 1.08. The summed E-state index contributed by atoms with van der Waals surface area (Å²) in [5, 5.41) is 9.50. The lowest BCUT2D eigenvalue weighted by Crippen LogP contribution is -2.43. The Morgan fingerprint density at radius 2 is 1.57 bits per heavy atom. The van der Waals surface area contributed by atoms with Gasteiger partial charge in [-0.25, -0.2) is 13.1 Å². The Morgan fingerprint density at radius 3 is 2.25 bits per heavy atom. The third kappa shape index (κ3) is 7.71. The molecule has 4 aromatic rings. The third-order valence-electron chi connectivity index (χ3n) is 8.02. The van der Waals surface area contributed by atoms with Gasteiger partial charge in [-0.3, -0.25) is 0 Å². The van der Waals surface area contributed by atoms with E-state index < -0.39 is 16.3 Å². The first-order valence-corrected chi connectivity index (χ1v) is 16.3. The first-order chi connectivity index (χ1) is 21.3. The first-order valence-electron chi connectivity index (χ1n) is 14.8. The summed E-state index contributed by atoms with van der Waals surface area (Å²) >= 11 is 0. The summed E-state index contributed by atoms with van der Waals surface area (Å²) in [7, 11) is -1.54. The van der Waals surface area contributed by atoms with Gasteiger partial charge in [-0.2, -0.15) is 0 Å². The zero-order chi connectivity index (χ0) is 31.1. The van der Waals surface area contributed by atoms with E-state index in [4.69, 9.17) is 9.47 Å². The molecule has 1 aliphatic heterocycles. The van der Waals surface area contributed by atoms with Crippen LogP contribution in [0.5, 0.6) is 0 Å². The van der Waals surface area contributed by atoms with Crippen LogP contribution in [0.1, 0.15) is 41.6 Å². The molecule has 1 fully saturated rings. The molecule has 1 heterocycles. The van der Waals surface area contributed by atoms with Gasteiger partial charge in [-0.1, -0.05) is 97.9 Å². The number of hydrogen-bond acceptors (Lipinski definition) is 6. The molecular formula is C36H40N2O5S. The number of likely N-dealkylation sites (N-methyl/N-ethyl adjacent to an activating group) is 1. The number of benzene rings is 4. The number of nitrogens with one attached hydrogen (secondary N) is 1. The molecule has 0 amide bonds. The second kappa shape index (κ2) is 14.4. The van der Waals surface area contributed by atoms with Gasteiger partial charge < -0.3 is 19.5 Å². The van der Waals surface area contributed by atoms with Crippen molar-refractivity contribution >= 4 is 10.0 Å². The van der Waals surface area contributed by atoms with Gasteiger partial charge in [0.25, 0.3) is 0 Å². The highest BCUT2D eigenvalue weighted by Gasteiger charge is 2.38. The van der Waals surface area contributed by atoms with Gasteiger partial charge in [-0.05, 0) is 53.1 Å². The Hall–Kier alpha value is -3.63. The highest BCUT2D eigenvalue weighted by atomic mass is 32.2. The molecular weight excluding hydrogens is 572 g/mol. The lowest BCUT2D eigenvalue weighted by molar-refractivity contribution is -0.275. The van der Waals surface area contributed by atoms with Crippen LogP contribution in [-0.4, -0.2) is 44.7 Å². The zero-order valence-corrected chi connectivity index (χ0v) is 26.0. The Balaban J connectivity index is 1.33. The SMILES string of the molecule is C=CCN(C)C[C@@H]1O[C@H](c2ccc(-c3cccc(CNS(=O)(=O)c4ccccc4)c3)cc2)O[C@H](c2ccc(CO)cc2)[C@@H]1C. The fourth-order valence-electron chi connectivity index (χ4n) is 5.49. The summed E-state index contributed by atoms with van der Waals surface area (Å²) in [5.41, 5.74) is 5.68. The minimum atomic E-state index is -3.60. The molecule has 230 valence electrons. The van der Waals surface area contributed by atoms with Crippen molar-refractivity contribution in [1.82, 2.24) is 9.62 Å². The van der Waals surface area contributed by atoms with E-state index in [1.165, 1.54) is 0 Å². The number of aliphatic hydroxyl groups excluding tert-OH is 1. The van der Waals surface area contributed by atoms with Gasteiger partial charge in [-0.15, -0.1) is 6.58 Å². The van der Waals surface area contributed by atoms with Crippen molar-refractivity contribution in [2.45, 2.75) is 43.5 Å². The summed E-state index contributed by atoms with van der Waals surface area (Å²) < 4.78 is 41.2. The maximum atomic E-state index is 12.7. The van der Waals surface area contributed by atoms with E-state index in [-0.39, 0.29) is 36.2 Å². The predicted molar refractivity (Wildman–Crippen MR) is 173 cm³/mol. The molecule has 0 bridgehead atoms. The smallest absolute Gasteiger partial charge is 0.240 e. The summed E-state index contributed by atoms with van der Waals surface area (Å²) in [5.74, 6) is 0.0971. The van der Waals surface area contributed by atoms with Gasteiger partial charge in [0.2, 0.25) is 10.0 Å². The van der Waals surface area contributed by atoms with Gasteiger partial charge in [0.05, 0.1) is 23.7 Å². The van der Waals surface area contributed by atoms with E-state index in [1.54, 1.807) is 30.3 Å². The maximum Gasteiger partial charge on any atom is 0.240 e. The van der Waals surface area contributed by atoms with Crippen LogP contribution in [0.4, 0.5) is 0 Å². The number of nitrogens with zero attached hydrogens (tertiary/aromatic N) is 1. The van der Waals surface area contributed by atoms with E-state index in [1.807, 2.05) is 78.9 Å². The minimum absolute atomic E-state index is 0.000618. The van der Waals surface area contributed by atoms with Crippen LogP contribution in [0.2, 0.25) is 0 Å². The molecule has 2 N–H and O–H groups in total. The summed E-state index contributed by atoms with van der Waals surface area (Å²) in [6, 6.07) is 32.3. The number of hydrogen-bond donors (Lipinski definition) is 2. The summed E-state index contributed by atoms with van der Waals surface area (Å²) in [4.78, 5) is 2.44. The van der Waals surface area contributed by atoms with Crippen LogP contribution in [-0.2, 0) is 32.6 Å². The van der Waals surface area contributed by atoms with Crippen molar-refractivity contribution in [3.05, 3.63) is 138 Å². The number of aliphatic hydroxyl groups is 1. The lowest BCUT2D eigenvalue weighted by atomic mass is 9.90. The van der Waals surface area contributed by atoms with Crippen LogP contribution in [0.15, 0.2) is 121 Å². The van der Waals surface area contributed by atoms with Crippen LogP contribution in [0.3, 0.4) is 0 Å². The number of rotatable bonds is 12. The van der Waals surface area contributed by atoms with E-state index in [2.05, 4.69) is 30.2 Å². The maximum absolute atomic E-state index is 12.7. The molecule has 8 heteroatoms. The van der Waals surface area contributed by atoms with Gasteiger partial charge >= 0.3 is 0 Å². The van der Waals surface area contributed by atoms with Crippen LogP contribution < -0.4 is 4.72 Å². The average Bonchev–Trinajstić information content (AvgIpc) is 3.05. The lowest BCUT2D eigenvalue weighted by Gasteiger charge is -2.42. The van der Waals surface area contributed by atoms with E-state index in [0.717, 1.165) is 46.5 Å². The predicted octanol–water partition coefficient (Wildman–Crippen LogP) is 6.23. The van der Waals surface area contributed by atoms with Gasteiger partial charge in [0.1, 0.15) is 0 Å². The molecule has 4 atom stereocenters. The Kier molecular flexibility index (Phi) is 10.4. The van der Waals surface area contributed by atoms with E-state index >= 15 is 0 Å². The fourth-order valence-corrected chi connectivity index (χ4v) is 6.52. The molecule has 0 spiro atoms. The average molecular weight is 613 g/mol. The molecule has 0 radical (unpaired) electrons. The normalized spacial score (nSPS) is 20.5. The topological polar surface area (TPSA) is 88.1 Å². The molecule has 4 aromatic carbocycles. The molecule has 0 aliphatic carbocycles. The summed E-state index contributed by atoms with van der Waals surface area (Å²) in [6.45, 7) is 7.71. The van der Waals surface area contributed by atoms with Crippen molar-refractivity contribution < 1.29 is 23.0 Å². The van der Waals surface area contributed by atoms with Crippen LogP contribution in [0.25, 0.3) is 11.1 Å². The fraction of sp³-hybridized carbons (Fsp3) is 0.278. The van der Waals surface area contributed by atoms with Crippen molar-refractivity contribution in [2.75, 3.05) is 20.1 Å². The Bertz CT molecular complexity index is 1630. The van der Waals surface area contributed by atoms with Gasteiger partial charge in [0.15, 0.2) is 6.29 Å². The quantitative estimate of drug-likeness (QED) is 0.184. The van der Waals surface area contributed by atoms with Crippen molar-refractivity contribution in [3.63, 3.8) is 0 Å². The minimum Gasteiger partial charge on any atom is -0.392 e. The Labute approximate surface area is 260 Å². The monoisotopic (exact) mass is 612 g/mol. The van der Waals surface area contributed by atoms with Crippen molar-refractivity contribution in [2.24, 2.45) is 5.92 Å². The largest absolute Gasteiger partial charge is 0.392 e. The molecule has 0 aromatic heterocycles. The molecule has 5 rings (SSSR count). The zero-order valence-electron chi connectivity index (χ0n) is 25.2. The Morgan fingerprint density at radius 1 is 0.864 bits per heavy atom. The first kappa shape index (κ1) is 31.8.